The number of nitrogens with zero attached hydrogens (tertiary/aromatic N) is 4. The van der Waals surface area contributed by atoms with Crippen molar-refractivity contribution in [2.24, 2.45) is 0 Å². The zero-order chi connectivity index (χ0) is 28.4. The molecule has 3 N–H and O–H groups in total. The first-order chi connectivity index (χ1) is 19.9. The van der Waals surface area contributed by atoms with E-state index in [1.54, 1.807) is 25.3 Å². The predicted molar refractivity (Wildman–Crippen MR) is 168 cm³/mol. The number of rotatable bonds is 9. The molecule has 0 aliphatic carbocycles. The number of hydrogen-bond donors (Lipinski definition) is 3. The number of benzene rings is 2. The van der Waals surface area contributed by atoms with Crippen LogP contribution in [0.5, 0.6) is 5.75 Å². The number of aromatic nitrogens is 2. The maximum Gasteiger partial charge on any atom is 0.229 e. The van der Waals surface area contributed by atoms with Gasteiger partial charge in [-0.15, -0.1) is 11.3 Å². The number of fused-ring (bicyclic) bond motifs is 1. The lowest BCUT2D eigenvalue weighted by Crippen LogP contribution is -2.43. The van der Waals surface area contributed by atoms with E-state index in [-0.39, 0.29) is 0 Å². The predicted octanol–water partition coefficient (Wildman–Crippen LogP) is 5.62. The van der Waals surface area contributed by atoms with Gasteiger partial charge in [-0.3, -0.25) is 4.72 Å². The van der Waals surface area contributed by atoms with E-state index in [0.717, 1.165) is 46.7 Å². The van der Waals surface area contributed by atoms with Gasteiger partial charge in [0.15, 0.2) is 5.82 Å². The number of sulfonamides is 1. The molecule has 0 amide bonds. The van der Waals surface area contributed by atoms with Gasteiger partial charge in [-0.25, -0.2) is 13.4 Å². The van der Waals surface area contributed by atoms with Crippen molar-refractivity contribution in [2.75, 3.05) is 59.8 Å². The third-order valence-corrected chi connectivity index (χ3v) is 9.20. The number of thiophene rings is 1. The number of para-hydroxylation sites is 2. The van der Waals surface area contributed by atoms with Crippen LogP contribution >= 0.6 is 11.3 Å². The molecule has 41 heavy (non-hydrogen) atoms. The van der Waals surface area contributed by atoms with Gasteiger partial charge in [0.2, 0.25) is 16.0 Å². The van der Waals surface area contributed by atoms with Crippen molar-refractivity contribution in [3.8, 4) is 5.75 Å². The Kier molecular flexibility index (Phi) is 7.87. The Bertz CT molecular complexity index is 1630. The maximum absolute atomic E-state index is 11.9. The first-order valence-electron chi connectivity index (χ1n) is 13.9. The van der Waals surface area contributed by atoms with Crippen LogP contribution < -0.4 is 25.0 Å². The first kappa shape index (κ1) is 27.6. The second kappa shape index (κ2) is 11.7. The molecule has 10 nitrogen and oxygen atoms in total. The van der Waals surface area contributed by atoms with Crippen LogP contribution in [0.2, 0.25) is 0 Å². The van der Waals surface area contributed by atoms with E-state index in [4.69, 9.17) is 14.7 Å². The average molecular weight is 594 g/mol. The zero-order valence-electron chi connectivity index (χ0n) is 23.3. The lowest BCUT2D eigenvalue weighted by Gasteiger charge is -2.38. The van der Waals surface area contributed by atoms with Crippen molar-refractivity contribution in [1.82, 2.24) is 14.9 Å². The van der Waals surface area contributed by atoms with Crippen LogP contribution in [0.1, 0.15) is 25.7 Å². The van der Waals surface area contributed by atoms with Crippen LogP contribution in [0.15, 0.2) is 53.9 Å². The molecule has 2 fully saturated rings. The van der Waals surface area contributed by atoms with Gasteiger partial charge in [-0.2, -0.15) is 4.98 Å². The van der Waals surface area contributed by atoms with Crippen molar-refractivity contribution < 1.29 is 13.2 Å². The van der Waals surface area contributed by atoms with E-state index in [2.05, 4.69) is 37.3 Å². The number of anilines is 6. The van der Waals surface area contributed by atoms with Gasteiger partial charge >= 0.3 is 0 Å². The molecule has 4 heterocycles. The summed E-state index contributed by atoms with van der Waals surface area (Å²) in [4.78, 5) is 14.6. The number of ether oxygens (including phenoxy) is 1. The smallest absolute Gasteiger partial charge is 0.229 e. The summed E-state index contributed by atoms with van der Waals surface area (Å²) in [7, 11) is -1.78. The Morgan fingerprint density at radius 3 is 2.41 bits per heavy atom. The van der Waals surface area contributed by atoms with Gasteiger partial charge in [0, 0.05) is 30.9 Å². The molecule has 2 aromatic heterocycles. The highest BCUT2D eigenvalue weighted by molar-refractivity contribution is 7.92. The van der Waals surface area contributed by atoms with Gasteiger partial charge < -0.3 is 25.2 Å². The van der Waals surface area contributed by atoms with Crippen molar-refractivity contribution in [3.05, 3.63) is 53.9 Å². The molecular weight excluding hydrogens is 558 g/mol. The van der Waals surface area contributed by atoms with Gasteiger partial charge in [-0.05, 0) is 74.5 Å². The molecule has 12 heteroatoms. The fourth-order valence-electron chi connectivity index (χ4n) is 5.71. The first-order valence-corrected chi connectivity index (χ1v) is 16.7. The van der Waals surface area contributed by atoms with Gasteiger partial charge in [-0.1, -0.05) is 12.1 Å². The van der Waals surface area contributed by atoms with Crippen LogP contribution in [-0.4, -0.2) is 68.9 Å². The molecule has 2 aliphatic heterocycles. The fraction of sp³-hybridized carbons (Fsp3) is 0.379. The van der Waals surface area contributed by atoms with E-state index in [0.29, 0.717) is 29.2 Å². The van der Waals surface area contributed by atoms with Crippen LogP contribution in [0, 0.1) is 0 Å². The quantitative estimate of drug-likeness (QED) is 0.228. The molecule has 0 saturated carbocycles. The summed E-state index contributed by atoms with van der Waals surface area (Å²) >= 11 is 1.51. The largest absolute Gasteiger partial charge is 0.494 e. The van der Waals surface area contributed by atoms with E-state index in [9.17, 15) is 8.42 Å². The highest BCUT2D eigenvalue weighted by Gasteiger charge is 2.27. The van der Waals surface area contributed by atoms with Crippen LogP contribution in [0.3, 0.4) is 0 Å². The number of likely N-dealkylation sites (tertiary alicyclic amines) is 1. The van der Waals surface area contributed by atoms with Crippen molar-refractivity contribution in [1.29, 1.82) is 0 Å². The molecule has 2 aliphatic rings. The van der Waals surface area contributed by atoms with Gasteiger partial charge in [0.25, 0.3) is 0 Å². The van der Waals surface area contributed by atoms with Gasteiger partial charge in [0.05, 0.1) is 40.6 Å². The second-order valence-corrected chi connectivity index (χ2v) is 13.2. The fourth-order valence-corrected chi connectivity index (χ4v) is 7.06. The number of nitrogens with one attached hydrogen (secondary N) is 3. The minimum absolute atomic E-state index is 0.407. The molecule has 0 atom stereocenters. The number of hydrogen-bond acceptors (Lipinski definition) is 10. The minimum atomic E-state index is -3.45. The SMILES string of the molecule is COc1cc(N2CCC(N3CCCC3)CC2)ccc1Nc1nc(Nc2ccccc2NS(C)(=O)=O)c2sccc2n1. The van der Waals surface area contributed by atoms with Crippen molar-refractivity contribution in [2.45, 2.75) is 31.7 Å². The molecule has 6 rings (SSSR count). The molecule has 2 aromatic carbocycles. The summed E-state index contributed by atoms with van der Waals surface area (Å²) in [6.07, 6.45) is 6.18. The lowest BCUT2D eigenvalue weighted by atomic mass is 10.0. The highest BCUT2D eigenvalue weighted by atomic mass is 32.2. The third kappa shape index (κ3) is 6.34. The molecule has 216 valence electrons. The highest BCUT2D eigenvalue weighted by Crippen LogP contribution is 2.36. The molecule has 4 aromatic rings. The zero-order valence-corrected chi connectivity index (χ0v) is 24.9. The van der Waals surface area contributed by atoms with E-state index in [1.807, 2.05) is 23.6 Å². The lowest BCUT2D eigenvalue weighted by molar-refractivity contribution is 0.208. The summed E-state index contributed by atoms with van der Waals surface area (Å²) in [5.41, 5.74) is 3.73. The Morgan fingerprint density at radius 1 is 0.927 bits per heavy atom. The van der Waals surface area contributed by atoms with E-state index >= 15 is 0 Å². The monoisotopic (exact) mass is 593 g/mol. The maximum atomic E-state index is 11.9. The van der Waals surface area contributed by atoms with Gasteiger partial charge in [0.1, 0.15) is 5.75 Å². The summed E-state index contributed by atoms with van der Waals surface area (Å²) < 4.78 is 33.0. The summed E-state index contributed by atoms with van der Waals surface area (Å²) in [5, 5.41) is 8.60. The minimum Gasteiger partial charge on any atom is -0.494 e. The summed E-state index contributed by atoms with van der Waals surface area (Å²) in [6.45, 7) is 4.58. The van der Waals surface area contributed by atoms with Crippen LogP contribution in [0.4, 0.5) is 34.5 Å². The summed E-state index contributed by atoms with van der Waals surface area (Å²) in [6, 6.07) is 16.0. The molecule has 0 unspecified atom stereocenters. The van der Waals surface area contributed by atoms with E-state index in [1.165, 1.54) is 50.1 Å². The number of methoxy groups -OCH3 is 1. The van der Waals surface area contributed by atoms with Crippen molar-refractivity contribution in [3.63, 3.8) is 0 Å². The normalized spacial score (nSPS) is 16.7. The summed E-state index contributed by atoms with van der Waals surface area (Å²) in [5.74, 6) is 1.70. The third-order valence-electron chi connectivity index (χ3n) is 7.70. The topological polar surface area (TPSA) is 112 Å². The number of piperidine rings is 1. The van der Waals surface area contributed by atoms with Crippen LogP contribution in [-0.2, 0) is 10.0 Å². The standard InChI is InChI=1S/C29H35N7O3S2/c1-39-26-19-21(36-16-11-20(12-17-36)35-14-5-6-15-35)9-10-24(26)31-29-32-25-13-18-40-27(25)28(33-29)30-22-7-3-4-8-23(22)34-41(2,37)38/h3-4,7-10,13,18-20,34H,5-6,11-12,14-17H2,1-2H3,(H2,30,31,32,33). The molecule has 0 radical (unpaired) electrons. The van der Waals surface area contributed by atoms with E-state index < -0.39 is 10.0 Å². The van der Waals surface area contributed by atoms with Crippen LogP contribution in [0.25, 0.3) is 10.2 Å². The molecule has 0 bridgehead atoms. The Balaban J connectivity index is 1.22. The average Bonchev–Trinajstić information content (AvgIpc) is 3.67. The molecular formula is C29H35N7O3S2. The molecule has 2 saturated heterocycles. The second-order valence-electron chi connectivity index (χ2n) is 10.5. The molecule has 0 spiro atoms. The Hall–Kier alpha value is -3.61. The van der Waals surface area contributed by atoms with Crippen molar-refractivity contribution >= 4 is 66.1 Å². The Morgan fingerprint density at radius 2 is 1.68 bits per heavy atom. The Labute approximate surface area is 244 Å².